The second-order valence-electron chi connectivity index (χ2n) is 6.67. The largest absolute Gasteiger partial charge is 0.355 e. The highest BCUT2D eigenvalue weighted by atomic mass is 16.2. The van der Waals surface area contributed by atoms with Crippen molar-refractivity contribution in [2.75, 3.05) is 23.3 Å². The van der Waals surface area contributed by atoms with Crippen molar-refractivity contribution < 1.29 is 4.79 Å². The molecule has 0 saturated carbocycles. The maximum absolute atomic E-state index is 12.5. The normalized spacial score (nSPS) is 14.3. The first-order valence-electron chi connectivity index (χ1n) is 9.17. The van der Waals surface area contributed by atoms with Crippen molar-refractivity contribution in [2.24, 2.45) is 0 Å². The van der Waals surface area contributed by atoms with E-state index in [0.29, 0.717) is 11.1 Å². The van der Waals surface area contributed by atoms with Crippen molar-refractivity contribution in [1.29, 1.82) is 0 Å². The molecule has 1 amide bonds. The van der Waals surface area contributed by atoms with E-state index in [1.807, 2.05) is 18.2 Å². The molecule has 7 heteroatoms. The Balaban J connectivity index is 1.54. The van der Waals surface area contributed by atoms with Crippen LogP contribution < -0.4 is 15.8 Å². The van der Waals surface area contributed by atoms with Gasteiger partial charge in [-0.3, -0.25) is 9.59 Å². The van der Waals surface area contributed by atoms with Crippen molar-refractivity contribution in [2.45, 2.75) is 25.8 Å². The van der Waals surface area contributed by atoms with Crippen LogP contribution in [0.15, 0.2) is 53.6 Å². The molecular formula is C20H21N5O2. The molecule has 0 aliphatic carbocycles. The molecule has 27 heavy (non-hydrogen) atoms. The fourth-order valence-corrected chi connectivity index (χ4v) is 3.42. The number of hydrogen-bond donors (Lipinski definition) is 1. The summed E-state index contributed by atoms with van der Waals surface area (Å²) in [4.78, 5) is 31.7. The van der Waals surface area contributed by atoms with E-state index in [0.717, 1.165) is 37.1 Å². The molecular weight excluding hydrogens is 342 g/mol. The lowest BCUT2D eigenvalue weighted by Crippen LogP contribution is -2.32. The van der Waals surface area contributed by atoms with Gasteiger partial charge in [0.25, 0.3) is 5.56 Å². The summed E-state index contributed by atoms with van der Waals surface area (Å²) < 4.78 is 1.19. The Morgan fingerprint density at radius 3 is 2.74 bits per heavy atom. The zero-order valence-electron chi connectivity index (χ0n) is 15.0. The van der Waals surface area contributed by atoms with E-state index in [4.69, 9.17) is 0 Å². The first-order valence-corrected chi connectivity index (χ1v) is 9.17. The summed E-state index contributed by atoms with van der Waals surface area (Å²) in [5.74, 6) is 0.482. The molecule has 1 aliphatic heterocycles. The summed E-state index contributed by atoms with van der Waals surface area (Å²) in [7, 11) is 0. The fraction of sp³-hybridized carbons (Fsp3) is 0.300. The molecule has 3 aromatic rings. The maximum atomic E-state index is 12.5. The standard InChI is InChI=1S/C20H21N5O2/c26-18(14-25-20(27)16-8-3-2-7-15(16)13-22-25)23-17-9-6-10-21-19(17)24-11-4-1-5-12-24/h2-3,6-10,13H,1,4-5,11-12,14H2,(H,23,26). The number of anilines is 2. The van der Waals surface area contributed by atoms with Crippen LogP contribution in [0.1, 0.15) is 19.3 Å². The molecule has 0 radical (unpaired) electrons. The summed E-state index contributed by atoms with van der Waals surface area (Å²) in [6, 6.07) is 10.9. The van der Waals surface area contributed by atoms with Crippen molar-refractivity contribution in [1.82, 2.24) is 14.8 Å². The molecule has 1 aliphatic rings. The van der Waals surface area contributed by atoms with Gasteiger partial charge in [0.05, 0.1) is 17.3 Å². The second kappa shape index (κ2) is 7.57. The van der Waals surface area contributed by atoms with Gasteiger partial charge in [-0.05, 0) is 37.5 Å². The van der Waals surface area contributed by atoms with Crippen LogP contribution in [0.5, 0.6) is 0 Å². The highest BCUT2D eigenvalue weighted by molar-refractivity contribution is 5.93. The van der Waals surface area contributed by atoms with Crippen molar-refractivity contribution in [3.8, 4) is 0 Å². The van der Waals surface area contributed by atoms with Crippen LogP contribution in [0.2, 0.25) is 0 Å². The Labute approximate surface area is 156 Å². The van der Waals surface area contributed by atoms with Crippen molar-refractivity contribution >= 4 is 28.2 Å². The van der Waals surface area contributed by atoms with E-state index >= 15 is 0 Å². The average molecular weight is 363 g/mol. The molecule has 4 rings (SSSR count). The van der Waals surface area contributed by atoms with E-state index < -0.39 is 0 Å². The van der Waals surface area contributed by atoms with Gasteiger partial charge in [0.15, 0.2) is 5.82 Å². The first kappa shape index (κ1) is 17.2. The first-order chi connectivity index (χ1) is 13.2. The Bertz CT molecular complexity index is 1020. The molecule has 138 valence electrons. The third-order valence-electron chi connectivity index (χ3n) is 4.77. The quantitative estimate of drug-likeness (QED) is 0.770. The van der Waals surface area contributed by atoms with Gasteiger partial charge in [-0.2, -0.15) is 5.10 Å². The SMILES string of the molecule is O=C(Cn1ncc2ccccc2c1=O)Nc1cccnc1N1CCCCC1. The molecule has 3 heterocycles. The number of rotatable bonds is 4. The minimum absolute atomic E-state index is 0.141. The van der Waals surface area contributed by atoms with Crippen LogP contribution in [0.3, 0.4) is 0 Å². The summed E-state index contributed by atoms with van der Waals surface area (Å²) >= 11 is 0. The van der Waals surface area contributed by atoms with Crippen LogP contribution in [0.4, 0.5) is 11.5 Å². The van der Waals surface area contributed by atoms with Crippen LogP contribution in [-0.2, 0) is 11.3 Å². The Morgan fingerprint density at radius 2 is 1.89 bits per heavy atom. The monoisotopic (exact) mass is 363 g/mol. The Morgan fingerprint density at radius 1 is 1.07 bits per heavy atom. The van der Waals surface area contributed by atoms with Gasteiger partial charge >= 0.3 is 0 Å². The fourth-order valence-electron chi connectivity index (χ4n) is 3.42. The molecule has 0 spiro atoms. The lowest BCUT2D eigenvalue weighted by molar-refractivity contribution is -0.117. The number of benzene rings is 1. The van der Waals surface area contributed by atoms with Crippen LogP contribution in [0, 0.1) is 0 Å². The second-order valence-corrected chi connectivity index (χ2v) is 6.67. The van der Waals surface area contributed by atoms with Crippen molar-refractivity contribution in [3.05, 3.63) is 59.1 Å². The molecule has 0 unspecified atom stereocenters. The smallest absolute Gasteiger partial charge is 0.275 e. The Hall–Kier alpha value is -3.22. The van der Waals surface area contributed by atoms with Crippen molar-refractivity contribution in [3.63, 3.8) is 0 Å². The number of amides is 1. The van der Waals surface area contributed by atoms with Crippen LogP contribution in [0.25, 0.3) is 10.8 Å². The highest BCUT2D eigenvalue weighted by Crippen LogP contribution is 2.25. The van der Waals surface area contributed by atoms with E-state index in [9.17, 15) is 9.59 Å². The number of carbonyl (C=O) groups excluding carboxylic acids is 1. The van der Waals surface area contributed by atoms with Gasteiger partial charge in [0, 0.05) is 24.7 Å². The van der Waals surface area contributed by atoms with Crippen LogP contribution in [-0.4, -0.2) is 33.8 Å². The molecule has 7 nitrogen and oxygen atoms in total. The van der Waals surface area contributed by atoms with E-state index in [1.165, 1.54) is 11.1 Å². The van der Waals surface area contributed by atoms with E-state index in [-0.39, 0.29) is 18.0 Å². The number of nitrogens with one attached hydrogen (secondary N) is 1. The van der Waals surface area contributed by atoms with Gasteiger partial charge in [-0.15, -0.1) is 0 Å². The molecule has 1 aromatic carbocycles. The summed E-state index contributed by atoms with van der Waals surface area (Å²) in [6.07, 6.45) is 6.81. The number of piperidine rings is 1. The number of fused-ring (bicyclic) bond motifs is 1. The van der Waals surface area contributed by atoms with Gasteiger partial charge in [0.1, 0.15) is 6.54 Å². The number of aromatic nitrogens is 3. The summed E-state index contributed by atoms with van der Waals surface area (Å²) in [6.45, 7) is 1.73. The van der Waals surface area contributed by atoms with Gasteiger partial charge < -0.3 is 10.2 Å². The van der Waals surface area contributed by atoms with Gasteiger partial charge in [0.2, 0.25) is 5.91 Å². The minimum atomic E-state index is -0.300. The summed E-state index contributed by atoms with van der Waals surface area (Å²) in [5, 5.41) is 8.32. The lowest BCUT2D eigenvalue weighted by atomic mass is 10.1. The van der Waals surface area contributed by atoms with Crippen LogP contribution >= 0.6 is 0 Å². The molecule has 0 atom stereocenters. The zero-order chi connectivity index (χ0) is 18.6. The Kier molecular flexibility index (Phi) is 4.82. The summed E-state index contributed by atoms with van der Waals surface area (Å²) in [5.41, 5.74) is 0.393. The number of nitrogens with zero attached hydrogens (tertiary/aromatic N) is 4. The molecule has 2 aromatic heterocycles. The number of carbonyl (C=O) groups is 1. The predicted molar refractivity (Wildman–Crippen MR) is 105 cm³/mol. The predicted octanol–water partition coefficient (Wildman–Crippen LogP) is 2.42. The highest BCUT2D eigenvalue weighted by Gasteiger charge is 2.17. The molecule has 0 bridgehead atoms. The zero-order valence-corrected chi connectivity index (χ0v) is 15.0. The topological polar surface area (TPSA) is 80.1 Å². The molecule has 1 N–H and O–H groups in total. The van der Waals surface area contributed by atoms with Gasteiger partial charge in [-0.25, -0.2) is 9.67 Å². The molecule has 1 fully saturated rings. The van der Waals surface area contributed by atoms with E-state index in [1.54, 1.807) is 30.6 Å². The lowest BCUT2D eigenvalue weighted by Gasteiger charge is -2.29. The minimum Gasteiger partial charge on any atom is -0.355 e. The third-order valence-corrected chi connectivity index (χ3v) is 4.77. The number of pyridine rings is 1. The van der Waals surface area contributed by atoms with Gasteiger partial charge in [-0.1, -0.05) is 18.2 Å². The number of hydrogen-bond acceptors (Lipinski definition) is 5. The third kappa shape index (κ3) is 3.67. The maximum Gasteiger partial charge on any atom is 0.275 e. The molecule has 1 saturated heterocycles. The van der Waals surface area contributed by atoms with E-state index in [2.05, 4.69) is 20.3 Å². The average Bonchev–Trinajstić information content (AvgIpc) is 2.71.